The highest BCUT2D eigenvalue weighted by molar-refractivity contribution is 5.91. The minimum atomic E-state index is 0.265. The van der Waals surface area contributed by atoms with E-state index in [0.29, 0.717) is 0 Å². The molecule has 16 heavy (non-hydrogen) atoms. The quantitative estimate of drug-likeness (QED) is 0.671. The molecule has 4 nitrogen and oxygen atoms in total. The van der Waals surface area contributed by atoms with Gasteiger partial charge in [0.1, 0.15) is 5.58 Å². The Kier molecular flexibility index (Phi) is 1.86. The summed E-state index contributed by atoms with van der Waals surface area (Å²) in [5.41, 5.74) is 8.08. The monoisotopic (exact) mass is 211 g/mol. The van der Waals surface area contributed by atoms with Crippen molar-refractivity contribution in [2.45, 2.75) is 0 Å². The zero-order valence-electron chi connectivity index (χ0n) is 8.42. The molecule has 0 unspecified atom stereocenters. The SMILES string of the molecule is Nc1nccc(-c2cccc3ccoc23)n1. The van der Waals surface area contributed by atoms with Crippen molar-refractivity contribution in [2.75, 3.05) is 5.73 Å². The third-order valence-corrected chi connectivity index (χ3v) is 2.43. The molecule has 2 heterocycles. The van der Waals surface area contributed by atoms with E-state index in [1.165, 1.54) is 0 Å². The fourth-order valence-corrected chi connectivity index (χ4v) is 1.72. The van der Waals surface area contributed by atoms with Gasteiger partial charge in [-0.3, -0.25) is 0 Å². The minimum absolute atomic E-state index is 0.265. The highest BCUT2D eigenvalue weighted by atomic mass is 16.3. The molecule has 78 valence electrons. The van der Waals surface area contributed by atoms with Crippen molar-refractivity contribution >= 4 is 16.9 Å². The number of benzene rings is 1. The molecular weight excluding hydrogens is 202 g/mol. The Hall–Kier alpha value is -2.36. The van der Waals surface area contributed by atoms with Crippen LogP contribution in [0.2, 0.25) is 0 Å². The summed E-state index contributed by atoms with van der Waals surface area (Å²) in [4.78, 5) is 8.05. The standard InChI is InChI=1S/C12H9N3O/c13-12-14-6-4-10(15-12)9-3-1-2-8-5-7-16-11(8)9/h1-7H,(H2,13,14,15). The summed E-state index contributed by atoms with van der Waals surface area (Å²) in [6.07, 6.45) is 3.30. The number of fused-ring (bicyclic) bond motifs is 1. The molecule has 0 amide bonds. The first kappa shape index (κ1) is 8.91. The summed E-state index contributed by atoms with van der Waals surface area (Å²) in [5.74, 6) is 0.265. The predicted molar refractivity (Wildman–Crippen MR) is 61.7 cm³/mol. The van der Waals surface area contributed by atoms with Crippen LogP contribution in [0.15, 0.2) is 47.2 Å². The van der Waals surface area contributed by atoms with Crippen molar-refractivity contribution in [3.63, 3.8) is 0 Å². The lowest BCUT2D eigenvalue weighted by atomic mass is 10.1. The maximum atomic E-state index is 5.56. The van der Waals surface area contributed by atoms with Crippen molar-refractivity contribution < 1.29 is 4.42 Å². The molecule has 0 bridgehead atoms. The van der Waals surface area contributed by atoms with E-state index in [1.54, 1.807) is 12.5 Å². The molecule has 0 radical (unpaired) electrons. The summed E-state index contributed by atoms with van der Waals surface area (Å²) < 4.78 is 5.44. The van der Waals surface area contributed by atoms with Crippen molar-refractivity contribution in [3.8, 4) is 11.3 Å². The van der Waals surface area contributed by atoms with E-state index in [-0.39, 0.29) is 5.95 Å². The summed E-state index contributed by atoms with van der Waals surface area (Å²) in [6.45, 7) is 0. The summed E-state index contributed by atoms with van der Waals surface area (Å²) in [6, 6.07) is 9.64. The molecule has 0 spiro atoms. The molecule has 0 fully saturated rings. The number of nitrogens with two attached hydrogens (primary N) is 1. The zero-order valence-corrected chi connectivity index (χ0v) is 8.42. The maximum Gasteiger partial charge on any atom is 0.220 e. The number of hydrogen-bond acceptors (Lipinski definition) is 4. The molecule has 0 aliphatic heterocycles. The van der Waals surface area contributed by atoms with Gasteiger partial charge in [-0.25, -0.2) is 9.97 Å². The predicted octanol–water partition coefficient (Wildman–Crippen LogP) is 2.47. The fraction of sp³-hybridized carbons (Fsp3) is 0. The summed E-state index contributed by atoms with van der Waals surface area (Å²) in [7, 11) is 0. The van der Waals surface area contributed by atoms with Gasteiger partial charge in [-0.05, 0) is 18.2 Å². The van der Waals surface area contributed by atoms with Crippen LogP contribution in [0.5, 0.6) is 0 Å². The van der Waals surface area contributed by atoms with Crippen LogP contribution in [0.3, 0.4) is 0 Å². The molecule has 2 aromatic heterocycles. The van der Waals surface area contributed by atoms with E-state index >= 15 is 0 Å². The first-order valence-corrected chi connectivity index (χ1v) is 4.90. The average molecular weight is 211 g/mol. The van der Waals surface area contributed by atoms with Crippen LogP contribution in [0.4, 0.5) is 5.95 Å². The van der Waals surface area contributed by atoms with Gasteiger partial charge in [0.2, 0.25) is 5.95 Å². The van der Waals surface area contributed by atoms with E-state index in [4.69, 9.17) is 10.2 Å². The highest BCUT2D eigenvalue weighted by Gasteiger charge is 2.07. The van der Waals surface area contributed by atoms with Crippen molar-refractivity contribution in [1.82, 2.24) is 9.97 Å². The smallest absolute Gasteiger partial charge is 0.220 e. The van der Waals surface area contributed by atoms with Gasteiger partial charge in [-0.2, -0.15) is 0 Å². The minimum Gasteiger partial charge on any atom is -0.464 e. The van der Waals surface area contributed by atoms with E-state index in [0.717, 1.165) is 22.2 Å². The Morgan fingerprint density at radius 2 is 2.06 bits per heavy atom. The van der Waals surface area contributed by atoms with Crippen LogP contribution in [0, 0.1) is 0 Å². The second kappa shape index (κ2) is 3.34. The number of aromatic nitrogens is 2. The molecule has 0 atom stereocenters. The average Bonchev–Trinajstić information content (AvgIpc) is 2.76. The van der Waals surface area contributed by atoms with E-state index in [9.17, 15) is 0 Å². The number of rotatable bonds is 1. The van der Waals surface area contributed by atoms with E-state index < -0.39 is 0 Å². The summed E-state index contributed by atoms with van der Waals surface area (Å²) >= 11 is 0. The maximum absolute atomic E-state index is 5.56. The third kappa shape index (κ3) is 1.32. The number of hydrogen-bond donors (Lipinski definition) is 1. The Morgan fingerprint density at radius 1 is 1.12 bits per heavy atom. The van der Waals surface area contributed by atoms with Crippen molar-refractivity contribution in [2.24, 2.45) is 0 Å². The van der Waals surface area contributed by atoms with Gasteiger partial charge in [0.05, 0.1) is 12.0 Å². The molecular formula is C12H9N3O. The van der Waals surface area contributed by atoms with Crippen molar-refractivity contribution in [1.29, 1.82) is 0 Å². The topological polar surface area (TPSA) is 64.9 Å². The van der Waals surface area contributed by atoms with Crippen molar-refractivity contribution in [3.05, 3.63) is 42.8 Å². The Labute approximate surface area is 91.7 Å². The van der Waals surface area contributed by atoms with E-state index in [2.05, 4.69) is 9.97 Å². The molecule has 2 N–H and O–H groups in total. The molecule has 0 aliphatic carbocycles. The van der Waals surface area contributed by atoms with Gasteiger partial charge < -0.3 is 10.2 Å². The molecule has 0 aliphatic rings. The Morgan fingerprint density at radius 3 is 2.94 bits per heavy atom. The molecule has 0 saturated heterocycles. The van der Waals surface area contributed by atoms with Gasteiger partial charge >= 0.3 is 0 Å². The van der Waals surface area contributed by atoms with Crippen LogP contribution in [-0.4, -0.2) is 9.97 Å². The van der Waals surface area contributed by atoms with Crippen LogP contribution >= 0.6 is 0 Å². The van der Waals surface area contributed by atoms with Crippen LogP contribution in [0.1, 0.15) is 0 Å². The third-order valence-electron chi connectivity index (χ3n) is 2.43. The van der Waals surface area contributed by atoms with Gasteiger partial charge in [0.15, 0.2) is 0 Å². The lowest BCUT2D eigenvalue weighted by molar-refractivity contribution is 0.616. The van der Waals surface area contributed by atoms with Gasteiger partial charge in [-0.15, -0.1) is 0 Å². The first-order chi connectivity index (χ1) is 7.84. The number of anilines is 1. The number of nitrogens with zero attached hydrogens (tertiary/aromatic N) is 2. The first-order valence-electron chi connectivity index (χ1n) is 4.90. The van der Waals surface area contributed by atoms with Gasteiger partial charge in [0, 0.05) is 17.1 Å². The molecule has 0 saturated carbocycles. The fourth-order valence-electron chi connectivity index (χ4n) is 1.72. The normalized spacial score (nSPS) is 10.8. The van der Waals surface area contributed by atoms with Gasteiger partial charge in [0.25, 0.3) is 0 Å². The second-order valence-electron chi connectivity index (χ2n) is 3.44. The van der Waals surface area contributed by atoms with Crippen LogP contribution in [0.25, 0.3) is 22.2 Å². The number of nitrogen functional groups attached to an aromatic ring is 1. The zero-order chi connectivity index (χ0) is 11.0. The summed E-state index contributed by atoms with van der Waals surface area (Å²) in [5, 5.41) is 1.05. The number of para-hydroxylation sites is 1. The molecule has 3 rings (SSSR count). The van der Waals surface area contributed by atoms with Crippen LogP contribution < -0.4 is 5.73 Å². The Balaban J connectivity index is 2.29. The van der Waals surface area contributed by atoms with E-state index in [1.807, 2.05) is 30.3 Å². The second-order valence-corrected chi connectivity index (χ2v) is 3.44. The molecule has 3 aromatic rings. The molecule has 1 aromatic carbocycles. The largest absolute Gasteiger partial charge is 0.464 e. The Bertz CT molecular complexity index is 645. The lowest BCUT2D eigenvalue weighted by Crippen LogP contribution is -1.95. The highest BCUT2D eigenvalue weighted by Crippen LogP contribution is 2.27. The lowest BCUT2D eigenvalue weighted by Gasteiger charge is -2.01. The van der Waals surface area contributed by atoms with Gasteiger partial charge in [-0.1, -0.05) is 12.1 Å². The number of furan rings is 1. The molecule has 4 heteroatoms. The van der Waals surface area contributed by atoms with Crippen LogP contribution in [-0.2, 0) is 0 Å².